The third-order valence-electron chi connectivity index (χ3n) is 2.87. The van der Waals surface area contributed by atoms with Crippen molar-refractivity contribution >= 4 is 33.0 Å². The van der Waals surface area contributed by atoms with Crippen molar-refractivity contribution < 1.29 is 0 Å². The van der Waals surface area contributed by atoms with Gasteiger partial charge in [0, 0.05) is 15.0 Å². The number of rotatable bonds is 4. The van der Waals surface area contributed by atoms with Crippen LogP contribution in [0.15, 0.2) is 40.2 Å². The fraction of sp³-hybridized carbons (Fsp3) is 0.267. The van der Waals surface area contributed by atoms with E-state index in [2.05, 4.69) is 58.7 Å². The van der Waals surface area contributed by atoms with Crippen molar-refractivity contribution in [2.45, 2.75) is 19.9 Å². The first-order valence-corrected chi connectivity index (χ1v) is 7.78. The Bertz CT molecular complexity index is 585. The van der Waals surface area contributed by atoms with Gasteiger partial charge in [0.05, 0.1) is 17.7 Å². The summed E-state index contributed by atoms with van der Waals surface area (Å²) in [5, 5.41) is 14.6. The van der Waals surface area contributed by atoms with Crippen molar-refractivity contribution in [1.29, 1.82) is 5.26 Å². The van der Waals surface area contributed by atoms with Gasteiger partial charge in [-0.2, -0.15) is 5.26 Å². The van der Waals surface area contributed by atoms with Crippen LogP contribution in [-0.4, -0.2) is 0 Å². The number of thiophene rings is 1. The monoisotopic (exact) mass is 334 g/mol. The van der Waals surface area contributed by atoms with E-state index in [-0.39, 0.29) is 6.04 Å². The Balaban J connectivity index is 2.28. The smallest absolute Gasteiger partial charge is 0.0992 e. The van der Waals surface area contributed by atoms with E-state index in [1.807, 2.05) is 18.2 Å². The summed E-state index contributed by atoms with van der Waals surface area (Å²) in [6.07, 6.45) is 0. The average Bonchev–Trinajstić information content (AvgIpc) is 2.88. The molecule has 0 radical (unpaired) electrons. The molecule has 0 fully saturated rings. The molecule has 0 saturated heterocycles. The lowest BCUT2D eigenvalue weighted by atomic mass is 10.0. The Morgan fingerprint density at radius 1 is 1.32 bits per heavy atom. The topological polar surface area (TPSA) is 35.8 Å². The number of nitrogens with one attached hydrogen (secondary N) is 1. The predicted molar refractivity (Wildman–Crippen MR) is 84.4 cm³/mol. The van der Waals surface area contributed by atoms with Crippen LogP contribution in [0.5, 0.6) is 0 Å². The maximum absolute atomic E-state index is 9.02. The zero-order chi connectivity index (χ0) is 13.8. The largest absolute Gasteiger partial charge is 0.377 e. The van der Waals surface area contributed by atoms with Crippen molar-refractivity contribution in [2.24, 2.45) is 5.92 Å². The summed E-state index contributed by atoms with van der Waals surface area (Å²) in [5.41, 5.74) is 1.63. The molecule has 0 aliphatic rings. The third kappa shape index (κ3) is 3.59. The van der Waals surface area contributed by atoms with E-state index in [1.54, 1.807) is 11.3 Å². The van der Waals surface area contributed by atoms with E-state index in [1.165, 1.54) is 4.88 Å². The average molecular weight is 335 g/mol. The fourth-order valence-corrected chi connectivity index (χ4v) is 3.39. The second-order valence-electron chi connectivity index (χ2n) is 4.72. The molecule has 1 atom stereocenters. The standard InChI is InChI=1S/C15H15BrN2S/c1-10(2)15(14-4-3-5-19-14)18-13-7-11(9-17)6-12(16)8-13/h3-8,10,15,18H,1-2H3. The van der Waals surface area contributed by atoms with E-state index < -0.39 is 0 Å². The van der Waals surface area contributed by atoms with Gasteiger partial charge >= 0.3 is 0 Å². The number of hydrogen-bond donors (Lipinski definition) is 1. The van der Waals surface area contributed by atoms with Gasteiger partial charge in [-0.3, -0.25) is 0 Å². The quantitative estimate of drug-likeness (QED) is 0.834. The summed E-state index contributed by atoms with van der Waals surface area (Å²) in [6, 6.07) is 12.4. The van der Waals surface area contributed by atoms with Gasteiger partial charge in [-0.15, -0.1) is 11.3 Å². The zero-order valence-corrected chi connectivity index (χ0v) is 13.3. The first kappa shape index (κ1) is 14.1. The van der Waals surface area contributed by atoms with Crippen LogP contribution in [0.3, 0.4) is 0 Å². The normalized spacial score (nSPS) is 12.2. The molecule has 98 valence electrons. The van der Waals surface area contributed by atoms with Gasteiger partial charge in [0.15, 0.2) is 0 Å². The van der Waals surface area contributed by atoms with Gasteiger partial charge in [-0.1, -0.05) is 35.8 Å². The molecule has 1 heterocycles. The molecule has 2 aromatic rings. The molecule has 19 heavy (non-hydrogen) atoms. The number of halogens is 1. The highest BCUT2D eigenvalue weighted by molar-refractivity contribution is 9.10. The minimum atomic E-state index is 0.265. The predicted octanol–water partition coefficient (Wildman–Crippen LogP) is 5.19. The third-order valence-corrected chi connectivity index (χ3v) is 4.28. The van der Waals surface area contributed by atoms with Gasteiger partial charge in [0.2, 0.25) is 0 Å². The van der Waals surface area contributed by atoms with E-state index in [0.717, 1.165) is 10.2 Å². The molecular weight excluding hydrogens is 320 g/mol. The van der Waals surface area contributed by atoms with Crippen LogP contribution in [0.4, 0.5) is 5.69 Å². The van der Waals surface area contributed by atoms with Gasteiger partial charge in [-0.25, -0.2) is 0 Å². The molecule has 0 bridgehead atoms. The second-order valence-corrected chi connectivity index (χ2v) is 6.62. The molecule has 1 unspecified atom stereocenters. The first-order chi connectivity index (χ1) is 9.10. The molecule has 1 aromatic heterocycles. The zero-order valence-electron chi connectivity index (χ0n) is 10.9. The molecule has 0 amide bonds. The van der Waals surface area contributed by atoms with Crippen molar-refractivity contribution in [3.8, 4) is 6.07 Å². The Kier molecular flexibility index (Phi) is 4.62. The van der Waals surface area contributed by atoms with Crippen LogP contribution in [0.2, 0.25) is 0 Å². The van der Waals surface area contributed by atoms with E-state index in [0.29, 0.717) is 11.5 Å². The highest BCUT2D eigenvalue weighted by Crippen LogP contribution is 2.31. The summed E-state index contributed by atoms with van der Waals surface area (Å²) in [6.45, 7) is 4.39. The van der Waals surface area contributed by atoms with Crippen molar-refractivity contribution in [2.75, 3.05) is 5.32 Å². The molecule has 0 saturated carbocycles. The summed E-state index contributed by atoms with van der Waals surface area (Å²) in [4.78, 5) is 1.31. The second kappa shape index (κ2) is 6.23. The van der Waals surface area contributed by atoms with E-state index in [9.17, 15) is 0 Å². The van der Waals surface area contributed by atoms with Crippen LogP contribution in [0, 0.1) is 17.2 Å². The van der Waals surface area contributed by atoms with Gasteiger partial charge in [0.25, 0.3) is 0 Å². The molecule has 0 spiro atoms. The summed E-state index contributed by atoms with van der Waals surface area (Å²) in [7, 11) is 0. The van der Waals surface area contributed by atoms with Crippen LogP contribution in [-0.2, 0) is 0 Å². The maximum Gasteiger partial charge on any atom is 0.0992 e. The number of anilines is 1. The summed E-state index contributed by atoms with van der Waals surface area (Å²) in [5.74, 6) is 0.475. The lowest BCUT2D eigenvalue weighted by Crippen LogP contribution is -2.15. The molecule has 1 aromatic carbocycles. The Morgan fingerprint density at radius 3 is 2.68 bits per heavy atom. The Morgan fingerprint density at radius 2 is 2.11 bits per heavy atom. The summed E-state index contributed by atoms with van der Waals surface area (Å²) >= 11 is 5.19. The molecule has 4 heteroatoms. The maximum atomic E-state index is 9.02. The molecular formula is C15H15BrN2S. The van der Waals surface area contributed by atoms with Crippen LogP contribution in [0.1, 0.15) is 30.3 Å². The van der Waals surface area contributed by atoms with Gasteiger partial charge in [0.1, 0.15) is 0 Å². The first-order valence-electron chi connectivity index (χ1n) is 6.11. The SMILES string of the molecule is CC(C)C(Nc1cc(Br)cc(C#N)c1)c1cccs1. The number of nitriles is 1. The molecule has 0 aliphatic heterocycles. The van der Waals surface area contributed by atoms with E-state index in [4.69, 9.17) is 5.26 Å². The number of hydrogen-bond acceptors (Lipinski definition) is 3. The lowest BCUT2D eigenvalue weighted by molar-refractivity contribution is 0.554. The van der Waals surface area contributed by atoms with E-state index >= 15 is 0 Å². The van der Waals surface area contributed by atoms with Crippen LogP contribution >= 0.6 is 27.3 Å². The van der Waals surface area contributed by atoms with Crippen LogP contribution < -0.4 is 5.32 Å². The molecule has 2 nitrogen and oxygen atoms in total. The van der Waals surface area contributed by atoms with Crippen molar-refractivity contribution in [1.82, 2.24) is 0 Å². The fourth-order valence-electron chi connectivity index (χ4n) is 1.95. The highest BCUT2D eigenvalue weighted by Gasteiger charge is 2.16. The number of benzene rings is 1. The van der Waals surface area contributed by atoms with Crippen LogP contribution in [0.25, 0.3) is 0 Å². The van der Waals surface area contributed by atoms with Gasteiger partial charge < -0.3 is 5.32 Å². The number of nitrogens with zero attached hydrogens (tertiary/aromatic N) is 1. The molecule has 2 rings (SSSR count). The lowest BCUT2D eigenvalue weighted by Gasteiger charge is -2.22. The summed E-state index contributed by atoms with van der Waals surface area (Å²) < 4.78 is 0.919. The molecule has 1 N–H and O–H groups in total. The minimum absolute atomic E-state index is 0.265. The molecule has 0 aliphatic carbocycles. The Labute approximate surface area is 126 Å². The minimum Gasteiger partial charge on any atom is -0.377 e. The Hall–Kier alpha value is -1.31. The van der Waals surface area contributed by atoms with Gasteiger partial charge in [-0.05, 0) is 35.6 Å². The van der Waals surface area contributed by atoms with Crippen molar-refractivity contribution in [3.63, 3.8) is 0 Å². The highest BCUT2D eigenvalue weighted by atomic mass is 79.9. The van der Waals surface area contributed by atoms with Crippen molar-refractivity contribution in [3.05, 3.63) is 50.6 Å².